The zero-order valence-electron chi connectivity index (χ0n) is 16.8. The highest BCUT2D eigenvalue weighted by Crippen LogP contribution is 2.28. The van der Waals surface area contributed by atoms with Crippen LogP contribution in [0, 0.1) is 13.8 Å². The Bertz CT molecular complexity index is 689. The van der Waals surface area contributed by atoms with Gasteiger partial charge in [-0.2, -0.15) is 0 Å². The lowest BCUT2D eigenvalue weighted by atomic mass is 9.98. The fraction of sp³-hybridized carbons (Fsp3) is 0.737. The van der Waals surface area contributed by atoms with Crippen molar-refractivity contribution < 1.29 is 9.53 Å². The standard InChI is InChI=1S/C19H31N5O2/c1-12-13(2)20-16(18(25)23(5)6)22-17(12)24-9-7-14(11-24)21-15-8-10-26-19(15,3)4/h14-15,21H,7-11H2,1-6H3/t14-,15?/m1/s1. The predicted molar refractivity (Wildman–Crippen MR) is 102 cm³/mol. The van der Waals surface area contributed by atoms with Crippen LogP contribution in [0.25, 0.3) is 0 Å². The molecule has 0 spiro atoms. The van der Waals surface area contributed by atoms with Gasteiger partial charge in [-0.05, 0) is 40.5 Å². The lowest BCUT2D eigenvalue weighted by Crippen LogP contribution is -2.48. The fourth-order valence-corrected chi connectivity index (χ4v) is 3.76. The van der Waals surface area contributed by atoms with Crippen LogP contribution in [0.5, 0.6) is 0 Å². The van der Waals surface area contributed by atoms with Gasteiger partial charge in [-0.25, -0.2) is 9.97 Å². The molecule has 0 radical (unpaired) electrons. The lowest BCUT2D eigenvalue weighted by Gasteiger charge is -2.29. The normalized spacial score (nSPS) is 24.9. The summed E-state index contributed by atoms with van der Waals surface area (Å²) < 4.78 is 5.84. The van der Waals surface area contributed by atoms with Gasteiger partial charge in [0, 0.05) is 57.1 Å². The average Bonchev–Trinajstić information content (AvgIpc) is 3.16. The summed E-state index contributed by atoms with van der Waals surface area (Å²) in [5.41, 5.74) is 1.80. The Labute approximate surface area is 156 Å². The summed E-state index contributed by atoms with van der Waals surface area (Å²) in [6.07, 6.45) is 2.11. The molecule has 2 saturated heterocycles. The van der Waals surface area contributed by atoms with Crippen LogP contribution in [0.4, 0.5) is 5.82 Å². The molecule has 1 aromatic rings. The molecular formula is C19H31N5O2. The van der Waals surface area contributed by atoms with Crippen LogP contribution in [-0.4, -0.2) is 72.3 Å². The number of nitrogens with zero attached hydrogens (tertiary/aromatic N) is 4. The van der Waals surface area contributed by atoms with E-state index in [9.17, 15) is 4.79 Å². The summed E-state index contributed by atoms with van der Waals surface area (Å²) in [5, 5.41) is 3.77. The molecule has 3 heterocycles. The van der Waals surface area contributed by atoms with Crippen molar-refractivity contribution in [1.82, 2.24) is 20.2 Å². The number of nitrogens with one attached hydrogen (secondary N) is 1. The molecule has 1 unspecified atom stereocenters. The van der Waals surface area contributed by atoms with Crippen molar-refractivity contribution in [1.29, 1.82) is 0 Å². The topological polar surface area (TPSA) is 70.6 Å². The molecule has 7 heteroatoms. The minimum absolute atomic E-state index is 0.111. The Morgan fingerprint density at radius 2 is 2.00 bits per heavy atom. The van der Waals surface area contributed by atoms with Gasteiger partial charge in [0.25, 0.3) is 5.91 Å². The van der Waals surface area contributed by atoms with Crippen LogP contribution in [0.15, 0.2) is 0 Å². The number of hydrogen-bond acceptors (Lipinski definition) is 6. The number of carbonyl (C=O) groups excluding carboxylic acids is 1. The Kier molecular flexibility index (Phi) is 5.21. The van der Waals surface area contributed by atoms with Gasteiger partial charge in [-0.1, -0.05) is 0 Å². The summed E-state index contributed by atoms with van der Waals surface area (Å²) in [5.74, 6) is 0.997. The van der Waals surface area contributed by atoms with Gasteiger partial charge in [0.05, 0.1) is 5.60 Å². The summed E-state index contributed by atoms with van der Waals surface area (Å²) in [7, 11) is 3.45. The smallest absolute Gasteiger partial charge is 0.291 e. The molecule has 2 fully saturated rings. The zero-order chi connectivity index (χ0) is 19.1. The SMILES string of the molecule is Cc1nc(C(=O)N(C)C)nc(N2CC[C@@H](NC3CCOC3(C)C)C2)c1C. The largest absolute Gasteiger partial charge is 0.374 e. The monoisotopic (exact) mass is 361 g/mol. The van der Waals surface area contributed by atoms with Crippen LogP contribution >= 0.6 is 0 Å². The van der Waals surface area contributed by atoms with Crippen molar-refractivity contribution >= 4 is 11.7 Å². The second kappa shape index (κ2) is 7.12. The second-order valence-electron chi connectivity index (χ2n) is 8.17. The van der Waals surface area contributed by atoms with Gasteiger partial charge in [0.2, 0.25) is 5.82 Å². The molecule has 7 nitrogen and oxygen atoms in total. The molecule has 0 saturated carbocycles. The third-order valence-corrected chi connectivity index (χ3v) is 5.61. The van der Waals surface area contributed by atoms with E-state index in [1.807, 2.05) is 13.8 Å². The first kappa shape index (κ1) is 19.0. The van der Waals surface area contributed by atoms with Crippen LogP contribution in [0.1, 0.15) is 48.6 Å². The van der Waals surface area contributed by atoms with Crippen LogP contribution < -0.4 is 10.2 Å². The number of aromatic nitrogens is 2. The van der Waals surface area contributed by atoms with E-state index in [0.29, 0.717) is 12.1 Å². The number of rotatable bonds is 4. The van der Waals surface area contributed by atoms with Crippen molar-refractivity contribution in [2.24, 2.45) is 0 Å². The van der Waals surface area contributed by atoms with Gasteiger partial charge >= 0.3 is 0 Å². The van der Waals surface area contributed by atoms with E-state index in [0.717, 1.165) is 49.6 Å². The molecular weight excluding hydrogens is 330 g/mol. The van der Waals surface area contributed by atoms with Gasteiger partial charge in [0.1, 0.15) is 5.82 Å². The van der Waals surface area contributed by atoms with Crippen molar-refractivity contribution in [2.45, 2.75) is 58.2 Å². The Hall–Kier alpha value is -1.73. The van der Waals surface area contributed by atoms with Gasteiger partial charge in [0.15, 0.2) is 0 Å². The van der Waals surface area contributed by atoms with Gasteiger partial charge in [-0.15, -0.1) is 0 Å². The molecule has 1 amide bonds. The van der Waals surface area contributed by atoms with E-state index in [-0.39, 0.29) is 17.3 Å². The second-order valence-corrected chi connectivity index (χ2v) is 8.17. The van der Waals surface area contributed by atoms with E-state index < -0.39 is 0 Å². The van der Waals surface area contributed by atoms with Crippen LogP contribution in [0.2, 0.25) is 0 Å². The molecule has 0 bridgehead atoms. The quantitative estimate of drug-likeness (QED) is 0.877. The van der Waals surface area contributed by atoms with E-state index in [4.69, 9.17) is 4.74 Å². The first-order valence-electron chi connectivity index (χ1n) is 9.41. The summed E-state index contributed by atoms with van der Waals surface area (Å²) in [6, 6.07) is 0.787. The number of anilines is 1. The molecule has 144 valence electrons. The van der Waals surface area contributed by atoms with Crippen molar-refractivity contribution in [3.63, 3.8) is 0 Å². The number of aryl methyl sites for hydroxylation is 1. The Balaban J connectivity index is 1.75. The molecule has 0 aromatic carbocycles. The molecule has 2 aliphatic rings. The molecule has 2 atom stereocenters. The maximum absolute atomic E-state index is 12.3. The summed E-state index contributed by atoms with van der Waals surface area (Å²) >= 11 is 0. The molecule has 26 heavy (non-hydrogen) atoms. The third kappa shape index (κ3) is 3.69. The number of amides is 1. The van der Waals surface area contributed by atoms with E-state index in [1.165, 1.54) is 4.90 Å². The van der Waals surface area contributed by atoms with Crippen molar-refractivity contribution in [3.05, 3.63) is 17.1 Å². The number of hydrogen-bond donors (Lipinski definition) is 1. The Morgan fingerprint density at radius 3 is 2.62 bits per heavy atom. The lowest BCUT2D eigenvalue weighted by molar-refractivity contribution is 0.0199. The van der Waals surface area contributed by atoms with E-state index in [2.05, 4.69) is 34.0 Å². The zero-order valence-corrected chi connectivity index (χ0v) is 16.8. The third-order valence-electron chi connectivity index (χ3n) is 5.61. The molecule has 1 aromatic heterocycles. The molecule has 3 rings (SSSR count). The highest BCUT2D eigenvalue weighted by atomic mass is 16.5. The predicted octanol–water partition coefficient (Wildman–Crippen LogP) is 1.53. The first-order valence-corrected chi connectivity index (χ1v) is 9.41. The maximum Gasteiger partial charge on any atom is 0.291 e. The minimum Gasteiger partial charge on any atom is -0.374 e. The summed E-state index contributed by atoms with van der Waals surface area (Å²) in [4.78, 5) is 25.1. The van der Waals surface area contributed by atoms with Gasteiger partial charge in [-0.3, -0.25) is 4.79 Å². The van der Waals surface area contributed by atoms with Crippen molar-refractivity contribution in [3.8, 4) is 0 Å². The Morgan fingerprint density at radius 1 is 1.27 bits per heavy atom. The average molecular weight is 361 g/mol. The molecule has 1 N–H and O–H groups in total. The van der Waals surface area contributed by atoms with Gasteiger partial charge < -0.3 is 19.9 Å². The van der Waals surface area contributed by atoms with E-state index >= 15 is 0 Å². The first-order chi connectivity index (χ1) is 12.2. The fourth-order valence-electron chi connectivity index (χ4n) is 3.76. The molecule has 2 aliphatic heterocycles. The number of carbonyl (C=O) groups is 1. The summed E-state index contributed by atoms with van der Waals surface area (Å²) in [6.45, 7) is 10.9. The van der Waals surface area contributed by atoms with E-state index in [1.54, 1.807) is 14.1 Å². The number of ether oxygens (including phenoxy) is 1. The van der Waals surface area contributed by atoms with Crippen LogP contribution in [-0.2, 0) is 4.74 Å². The minimum atomic E-state index is -0.159. The van der Waals surface area contributed by atoms with Crippen LogP contribution in [0.3, 0.4) is 0 Å². The highest BCUT2D eigenvalue weighted by Gasteiger charge is 2.38. The highest BCUT2D eigenvalue weighted by molar-refractivity contribution is 5.90. The van der Waals surface area contributed by atoms with Crippen molar-refractivity contribution in [2.75, 3.05) is 38.7 Å². The molecule has 0 aliphatic carbocycles. The maximum atomic E-state index is 12.3.